The van der Waals surface area contributed by atoms with Crippen molar-refractivity contribution in [2.24, 2.45) is 0 Å². The smallest absolute Gasteiger partial charge is 0.139 e. The van der Waals surface area contributed by atoms with Crippen molar-refractivity contribution < 1.29 is 14.6 Å². The van der Waals surface area contributed by atoms with Gasteiger partial charge in [0.2, 0.25) is 0 Å². The first-order valence-electron chi connectivity index (χ1n) is 8.74. The van der Waals surface area contributed by atoms with E-state index in [1.54, 1.807) is 0 Å². The number of para-hydroxylation sites is 3. The van der Waals surface area contributed by atoms with E-state index >= 15 is 0 Å². The van der Waals surface area contributed by atoms with Gasteiger partial charge in [0.05, 0.1) is 17.6 Å². The summed E-state index contributed by atoms with van der Waals surface area (Å²) in [6.07, 6.45) is 1.40. The van der Waals surface area contributed by atoms with Crippen LogP contribution < -0.4 is 4.74 Å². The number of imidazole rings is 1. The Morgan fingerprint density at radius 1 is 1.15 bits per heavy atom. The monoisotopic (exact) mass is 374 g/mol. The lowest BCUT2D eigenvalue weighted by Gasteiger charge is -2.17. The predicted molar refractivity (Wildman–Crippen MR) is 103 cm³/mol. The molecule has 4 rings (SSSR count). The number of aromatic nitrogens is 2. The molecule has 0 aliphatic carbocycles. The Bertz CT molecular complexity index is 831. The minimum Gasteiger partial charge on any atom is -0.491 e. The number of hydrogen-bond donors (Lipinski definition) is 1. The minimum atomic E-state index is -0.627. The van der Waals surface area contributed by atoms with Crippen molar-refractivity contribution in [1.82, 2.24) is 9.55 Å². The van der Waals surface area contributed by atoms with Gasteiger partial charge in [0, 0.05) is 6.61 Å². The van der Waals surface area contributed by atoms with Crippen LogP contribution in [0.4, 0.5) is 0 Å². The first-order chi connectivity index (χ1) is 12.3. The normalized spacial score (nSPS) is 17.8. The van der Waals surface area contributed by atoms with Crippen LogP contribution in [-0.4, -0.2) is 34.0 Å². The van der Waals surface area contributed by atoms with Gasteiger partial charge >= 0.3 is 0 Å². The van der Waals surface area contributed by atoms with Crippen LogP contribution in [0, 0.1) is 0 Å². The Morgan fingerprint density at radius 3 is 2.69 bits per heavy atom. The number of aliphatic hydroxyl groups excluding tert-OH is 1. The summed E-state index contributed by atoms with van der Waals surface area (Å²) in [7, 11) is 0. The fourth-order valence-electron chi connectivity index (χ4n) is 3.29. The second-order valence-corrected chi connectivity index (χ2v) is 6.35. The molecule has 1 aromatic heterocycles. The van der Waals surface area contributed by atoms with E-state index in [-0.39, 0.29) is 25.1 Å². The summed E-state index contributed by atoms with van der Waals surface area (Å²) in [6, 6.07) is 17.5. The molecule has 0 bridgehead atoms. The van der Waals surface area contributed by atoms with E-state index in [0.717, 1.165) is 42.1 Å². The second kappa shape index (κ2) is 8.54. The standard InChI is InChI=1S/C20H22N2O3.ClH/c23-15(14-25-16-7-2-1-3-8-16)13-22-18-10-5-4-9-17(18)21-20(22)19-11-6-12-24-19;/h1-5,7-10,15,19,23H,6,11-14H2;1H. The molecule has 26 heavy (non-hydrogen) atoms. The lowest BCUT2D eigenvalue weighted by atomic mass is 10.2. The molecule has 5 nitrogen and oxygen atoms in total. The summed E-state index contributed by atoms with van der Waals surface area (Å²) < 4.78 is 13.6. The number of hydrogen-bond acceptors (Lipinski definition) is 4. The highest BCUT2D eigenvalue weighted by atomic mass is 35.5. The van der Waals surface area contributed by atoms with E-state index in [2.05, 4.69) is 4.57 Å². The highest BCUT2D eigenvalue weighted by Gasteiger charge is 2.25. The number of halogens is 1. The van der Waals surface area contributed by atoms with Crippen molar-refractivity contribution in [3.8, 4) is 5.75 Å². The van der Waals surface area contributed by atoms with Gasteiger partial charge in [-0.05, 0) is 37.1 Å². The zero-order valence-corrected chi connectivity index (χ0v) is 15.3. The zero-order valence-electron chi connectivity index (χ0n) is 14.5. The maximum Gasteiger partial charge on any atom is 0.139 e. The average Bonchev–Trinajstić information content (AvgIpc) is 3.29. The van der Waals surface area contributed by atoms with Crippen molar-refractivity contribution in [3.05, 3.63) is 60.4 Å². The molecule has 138 valence electrons. The van der Waals surface area contributed by atoms with Crippen molar-refractivity contribution in [1.29, 1.82) is 0 Å². The zero-order chi connectivity index (χ0) is 17.1. The van der Waals surface area contributed by atoms with Crippen LogP contribution >= 0.6 is 12.4 Å². The van der Waals surface area contributed by atoms with Gasteiger partial charge in [0.25, 0.3) is 0 Å². The molecule has 6 heteroatoms. The van der Waals surface area contributed by atoms with Crippen molar-refractivity contribution in [3.63, 3.8) is 0 Å². The van der Waals surface area contributed by atoms with E-state index < -0.39 is 6.10 Å². The van der Waals surface area contributed by atoms with Gasteiger partial charge in [-0.15, -0.1) is 12.4 Å². The summed E-state index contributed by atoms with van der Waals surface area (Å²) in [5.74, 6) is 1.66. The van der Waals surface area contributed by atoms with E-state index in [4.69, 9.17) is 14.5 Å². The largest absolute Gasteiger partial charge is 0.491 e. The molecule has 1 fully saturated rings. The molecule has 2 unspecified atom stereocenters. The molecule has 1 aliphatic heterocycles. The molecular formula is C20H23ClN2O3. The summed E-state index contributed by atoms with van der Waals surface area (Å²) in [5.41, 5.74) is 1.95. The average molecular weight is 375 g/mol. The quantitative estimate of drug-likeness (QED) is 0.714. The maximum atomic E-state index is 10.5. The fraction of sp³-hybridized carbons (Fsp3) is 0.350. The van der Waals surface area contributed by atoms with E-state index in [1.165, 1.54) is 0 Å². The van der Waals surface area contributed by atoms with Gasteiger partial charge in [-0.3, -0.25) is 0 Å². The molecule has 1 aliphatic rings. The summed E-state index contributed by atoms with van der Waals surface area (Å²) in [6.45, 7) is 1.44. The Hall–Kier alpha value is -2.08. The summed E-state index contributed by atoms with van der Waals surface area (Å²) in [5, 5.41) is 10.5. The highest BCUT2D eigenvalue weighted by Crippen LogP contribution is 2.30. The third kappa shape index (κ3) is 4.01. The lowest BCUT2D eigenvalue weighted by molar-refractivity contribution is 0.0806. The lowest BCUT2D eigenvalue weighted by Crippen LogP contribution is -2.25. The van der Waals surface area contributed by atoms with Gasteiger partial charge < -0.3 is 19.1 Å². The second-order valence-electron chi connectivity index (χ2n) is 6.35. The molecule has 1 N–H and O–H groups in total. The Balaban J connectivity index is 0.00000196. The number of rotatable bonds is 6. The predicted octanol–water partition coefficient (Wildman–Crippen LogP) is 3.75. The van der Waals surface area contributed by atoms with Crippen molar-refractivity contribution >= 4 is 23.4 Å². The van der Waals surface area contributed by atoms with Gasteiger partial charge in [0.15, 0.2) is 0 Å². The van der Waals surface area contributed by atoms with Crippen molar-refractivity contribution in [2.45, 2.75) is 31.6 Å². The first kappa shape index (κ1) is 18.7. The van der Waals surface area contributed by atoms with Crippen LogP contribution in [-0.2, 0) is 11.3 Å². The third-order valence-corrected chi connectivity index (χ3v) is 4.48. The van der Waals surface area contributed by atoms with Crippen molar-refractivity contribution in [2.75, 3.05) is 13.2 Å². The highest BCUT2D eigenvalue weighted by molar-refractivity contribution is 5.85. The summed E-state index contributed by atoms with van der Waals surface area (Å²) >= 11 is 0. The molecule has 3 aromatic rings. The number of fused-ring (bicyclic) bond motifs is 1. The fourth-order valence-corrected chi connectivity index (χ4v) is 3.29. The van der Waals surface area contributed by atoms with Gasteiger partial charge in [-0.2, -0.15) is 0 Å². The SMILES string of the molecule is Cl.OC(COc1ccccc1)Cn1c(C2CCCO2)nc2ccccc21. The number of aliphatic hydroxyl groups is 1. The Morgan fingerprint density at radius 2 is 1.92 bits per heavy atom. The van der Waals surface area contributed by atoms with Crippen LogP contribution in [0.1, 0.15) is 24.8 Å². The van der Waals surface area contributed by atoms with Crippen LogP contribution in [0.2, 0.25) is 0 Å². The maximum absolute atomic E-state index is 10.5. The number of ether oxygens (including phenoxy) is 2. The number of benzene rings is 2. The van der Waals surface area contributed by atoms with Crippen LogP contribution in [0.25, 0.3) is 11.0 Å². The molecule has 0 radical (unpaired) electrons. The topological polar surface area (TPSA) is 56.5 Å². The van der Waals surface area contributed by atoms with Crippen LogP contribution in [0.5, 0.6) is 5.75 Å². The third-order valence-electron chi connectivity index (χ3n) is 4.48. The molecule has 0 spiro atoms. The molecule has 2 aromatic carbocycles. The first-order valence-corrected chi connectivity index (χ1v) is 8.74. The van der Waals surface area contributed by atoms with Gasteiger partial charge in [0.1, 0.15) is 30.4 Å². The van der Waals surface area contributed by atoms with Crippen LogP contribution in [0.15, 0.2) is 54.6 Å². The molecular weight excluding hydrogens is 352 g/mol. The summed E-state index contributed by atoms with van der Waals surface area (Å²) in [4.78, 5) is 4.75. The van der Waals surface area contributed by atoms with Gasteiger partial charge in [-0.1, -0.05) is 30.3 Å². The molecule has 0 saturated carbocycles. The molecule has 2 heterocycles. The van der Waals surface area contributed by atoms with Gasteiger partial charge in [-0.25, -0.2) is 4.98 Å². The molecule has 2 atom stereocenters. The molecule has 1 saturated heterocycles. The Kier molecular flexibility index (Phi) is 6.14. The molecule has 0 amide bonds. The van der Waals surface area contributed by atoms with E-state index in [9.17, 15) is 5.11 Å². The Labute approximate surface area is 159 Å². The minimum absolute atomic E-state index is 0. The van der Waals surface area contributed by atoms with E-state index in [1.807, 2.05) is 54.6 Å². The number of nitrogens with zero attached hydrogens (tertiary/aromatic N) is 2. The van der Waals surface area contributed by atoms with Crippen LogP contribution in [0.3, 0.4) is 0 Å². The van der Waals surface area contributed by atoms with E-state index in [0.29, 0.717) is 6.54 Å².